The molecule has 0 radical (unpaired) electrons. The zero-order valence-electron chi connectivity index (χ0n) is 18.7. The van der Waals surface area contributed by atoms with Crippen LogP contribution in [0.15, 0.2) is 70.4 Å². The Kier molecular flexibility index (Phi) is 6.65. The van der Waals surface area contributed by atoms with Crippen molar-refractivity contribution in [3.05, 3.63) is 103 Å². The highest BCUT2D eigenvalue weighted by molar-refractivity contribution is 6.30. The summed E-state index contributed by atoms with van der Waals surface area (Å²) in [6.07, 6.45) is 1.21. The first-order valence-electron chi connectivity index (χ1n) is 10.4. The molecular weight excluding hydrogens is 474 g/mol. The molecule has 35 heavy (non-hydrogen) atoms. The van der Waals surface area contributed by atoms with E-state index in [1.807, 2.05) is 6.92 Å². The van der Waals surface area contributed by atoms with Crippen LogP contribution in [0, 0.1) is 6.92 Å². The number of nitrogens with one attached hydrogen (secondary N) is 1. The molecule has 0 saturated heterocycles. The number of ether oxygens (including phenoxy) is 1. The average Bonchev–Trinajstić information content (AvgIpc) is 2.83. The number of anilines is 2. The van der Waals surface area contributed by atoms with Crippen molar-refractivity contribution in [2.24, 2.45) is 7.05 Å². The van der Waals surface area contributed by atoms with E-state index < -0.39 is 17.3 Å². The van der Waals surface area contributed by atoms with Crippen molar-refractivity contribution in [2.45, 2.75) is 13.5 Å². The number of hydrogen-bond donors (Lipinski definition) is 2. The molecule has 0 atom stereocenters. The molecule has 0 unspecified atom stereocenters. The van der Waals surface area contributed by atoms with E-state index in [-0.39, 0.29) is 23.9 Å². The molecule has 2 aromatic heterocycles. The molecular formula is C24H20ClN5O5. The van der Waals surface area contributed by atoms with Crippen molar-refractivity contribution < 1.29 is 14.6 Å². The summed E-state index contributed by atoms with van der Waals surface area (Å²) < 4.78 is 8.04. The molecule has 0 aliphatic heterocycles. The van der Waals surface area contributed by atoms with Gasteiger partial charge in [-0.05, 0) is 54.4 Å². The first kappa shape index (κ1) is 23.7. The molecule has 0 aliphatic rings. The monoisotopic (exact) mass is 493 g/mol. The summed E-state index contributed by atoms with van der Waals surface area (Å²) in [6, 6.07) is 15.0. The average molecular weight is 494 g/mol. The summed E-state index contributed by atoms with van der Waals surface area (Å²) in [5.74, 6) is -0.243. The highest BCUT2D eigenvalue weighted by Crippen LogP contribution is 2.27. The van der Waals surface area contributed by atoms with Gasteiger partial charge in [0.15, 0.2) is 0 Å². The summed E-state index contributed by atoms with van der Waals surface area (Å²) in [5.41, 5.74) is 0.970. The lowest BCUT2D eigenvalue weighted by Gasteiger charge is -2.15. The maximum atomic E-state index is 12.8. The third kappa shape index (κ3) is 5.39. The fourth-order valence-electron chi connectivity index (χ4n) is 3.24. The van der Waals surface area contributed by atoms with E-state index in [0.29, 0.717) is 16.5 Å². The van der Waals surface area contributed by atoms with Crippen molar-refractivity contribution in [1.29, 1.82) is 0 Å². The second-order valence-corrected chi connectivity index (χ2v) is 8.11. The standard InChI is InChI=1S/C24H20ClN5O5/c1-14-11-18(8-9-19(14)35-20-10-5-16(12-26-20)21(31)32)27-22-28-23(33)29(2)24(34)30(22)13-15-3-6-17(25)7-4-15/h3-12H,13H2,1-2H3,(H,31,32)(H,27,28,33). The molecule has 0 amide bonds. The number of hydrogen-bond acceptors (Lipinski definition) is 7. The summed E-state index contributed by atoms with van der Waals surface area (Å²) in [6.45, 7) is 1.99. The van der Waals surface area contributed by atoms with Crippen LogP contribution in [-0.2, 0) is 13.6 Å². The van der Waals surface area contributed by atoms with Crippen molar-refractivity contribution in [2.75, 3.05) is 5.32 Å². The Hall–Kier alpha value is -4.44. The van der Waals surface area contributed by atoms with Crippen LogP contribution in [0.2, 0.25) is 5.02 Å². The van der Waals surface area contributed by atoms with Crippen molar-refractivity contribution in [3.63, 3.8) is 0 Å². The Bertz CT molecular complexity index is 1510. The number of carboxylic acids is 1. The highest BCUT2D eigenvalue weighted by atomic mass is 35.5. The second-order valence-electron chi connectivity index (χ2n) is 7.67. The number of carbonyl (C=O) groups is 1. The molecule has 2 heterocycles. The first-order valence-corrected chi connectivity index (χ1v) is 10.8. The molecule has 0 fully saturated rings. The number of halogens is 1. The number of pyridine rings is 1. The normalized spacial score (nSPS) is 10.7. The molecule has 178 valence electrons. The predicted octanol–water partition coefficient (Wildman–Crippen LogP) is 3.58. The summed E-state index contributed by atoms with van der Waals surface area (Å²) >= 11 is 5.95. The van der Waals surface area contributed by atoms with Gasteiger partial charge in [-0.2, -0.15) is 4.98 Å². The van der Waals surface area contributed by atoms with Crippen LogP contribution in [-0.4, -0.2) is 30.2 Å². The topological polar surface area (TPSA) is 128 Å². The van der Waals surface area contributed by atoms with Gasteiger partial charge in [0.1, 0.15) is 5.75 Å². The van der Waals surface area contributed by atoms with Gasteiger partial charge in [-0.3, -0.25) is 4.57 Å². The first-order chi connectivity index (χ1) is 16.7. The van der Waals surface area contributed by atoms with Crippen LogP contribution in [0.1, 0.15) is 21.5 Å². The molecule has 0 aliphatic carbocycles. The van der Waals surface area contributed by atoms with Gasteiger partial charge in [-0.15, -0.1) is 0 Å². The number of rotatable bonds is 7. The molecule has 0 bridgehead atoms. The fourth-order valence-corrected chi connectivity index (χ4v) is 3.37. The lowest BCUT2D eigenvalue weighted by molar-refractivity contribution is 0.0696. The fraction of sp³-hybridized carbons (Fsp3) is 0.125. The Balaban J connectivity index is 1.60. The number of carboxylic acid groups (broad SMARTS) is 1. The van der Waals surface area contributed by atoms with Crippen molar-refractivity contribution in [3.8, 4) is 11.6 Å². The van der Waals surface area contributed by atoms with Gasteiger partial charge in [0.25, 0.3) is 0 Å². The SMILES string of the molecule is Cc1cc(Nc2nc(=O)n(C)c(=O)n2Cc2ccc(Cl)cc2)ccc1Oc1ccc(C(=O)O)cn1. The zero-order chi connectivity index (χ0) is 25.1. The van der Waals surface area contributed by atoms with Gasteiger partial charge in [-0.1, -0.05) is 23.7 Å². The van der Waals surface area contributed by atoms with Crippen LogP contribution < -0.4 is 21.4 Å². The van der Waals surface area contributed by atoms with E-state index in [4.69, 9.17) is 21.4 Å². The number of aromatic carboxylic acids is 1. The second kappa shape index (κ2) is 9.82. The molecule has 11 heteroatoms. The molecule has 0 spiro atoms. The van der Waals surface area contributed by atoms with Gasteiger partial charge < -0.3 is 15.2 Å². The largest absolute Gasteiger partial charge is 0.478 e. The Morgan fingerprint density at radius 3 is 2.49 bits per heavy atom. The maximum Gasteiger partial charge on any atom is 0.354 e. The smallest absolute Gasteiger partial charge is 0.354 e. The summed E-state index contributed by atoms with van der Waals surface area (Å²) in [4.78, 5) is 44.0. The number of benzene rings is 2. The quantitative estimate of drug-likeness (QED) is 0.399. The lowest BCUT2D eigenvalue weighted by atomic mass is 10.2. The van der Waals surface area contributed by atoms with E-state index in [9.17, 15) is 14.4 Å². The number of aromatic nitrogens is 4. The van der Waals surface area contributed by atoms with E-state index in [2.05, 4.69) is 15.3 Å². The van der Waals surface area contributed by atoms with Crippen LogP contribution in [0.4, 0.5) is 11.6 Å². The van der Waals surface area contributed by atoms with Gasteiger partial charge in [-0.25, -0.2) is 23.9 Å². The third-order valence-electron chi connectivity index (χ3n) is 5.14. The van der Waals surface area contributed by atoms with Crippen LogP contribution >= 0.6 is 11.6 Å². The minimum atomic E-state index is -1.07. The summed E-state index contributed by atoms with van der Waals surface area (Å²) in [7, 11) is 1.37. The molecule has 2 N–H and O–H groups in total. The van der Waals surface area contributed by atoms with Gasteiger partial charge in [0.2, 0.25) is 11.8 Å². The van der Waals surface area contributed by atoms with E-state index in [1.165, 1.54) is 29.9 Å². The Labute approximate surface area is 204 Å². The number of nitrogens with zero attached hydrogens (tertiary/aromatic N) is 4. The highest BCUT2D eigenvalue weighted by Gasteiger charge is 2.13. The van der Waals surface area contributed by atoms with Crippen LogP contribution in [0.25, 0.3) is 0 Å². The Morgan fingerprint density at radius 2 is 1.86 bits per heavy atom. The van der Waals surface area contributed by atoms with E-state index in [0.717, 1.165) is 15.7 Å². The summed E-state index contributed by atoms with van der Waals surface area (Å²) in [5, 5.41) is 12.6. The zero-order valence-corrected chi connectivity index (χ0v) is 19.5. The predicted molar refractivity (Wildman–Crippen MR) is 130 cm³/mol. The molecule has 10 nitrogen and oxygen atoms in total. The van der Waals surface area contributed by atoms with Crippen LogP contribution in [0.5, 0.6) is 11.6 Å². The minimum absolute atomic E-state index is 0.0553. The maximum absolute atomic E-state index is 12.8. The third-order valence-corrected chi connectivity index (χ3v) is 5.40. The number of aryl methyl sites for hydroxylation is 1. The van der Waals surface area contributed by atoms with Crippen molar-refractivity contribution in [1.82, 2.24) is 19.1 Å². The van der Waals surface area contributed by atoms with Crippen LogP contribution in [0.3, 0.4) is 0 Å². The molecule has 4 rings (SSSR count). The minimum Gasteiger partial charge on any atom is -0.478 e. The molecule has 4 aromatic rings. The molecule has 0 saturated carbocycles. The van der Waals surface area contributed by atoms with E-state index >= 15 is 0 Å². The van der Waals surface area contributed by atoms with Gasteiger partial charge in [0, 0.05) is 30.0 Å². The molecule has 2 aromatic carbocycles. The Morgan fingerprint density at radius 1 is 1.11 bits per heavy atom. The van der Waals surface area contributed by atoms with Crippen molar-refractivity contribution >= 4 is 29.2 Å². The lowest BCUT2D eigenvalue weighted by Crippen LogP contribution is -2.41. The van der Waals surface area contributed by atoms with Gasteiger partial charge >= 0.3 is 17.3 Å². The van der Waals surface area contributed by atoms with E-state index in [1.54, 1.807) is 42.5 Å². The van der Waals surface area contributed by atoms with Gasteiger partial charge in [0.05, 0.1) is 12.1 Å².